The molecule has 0 saturated heterocycles. The van der Waals surface area contributed by atoms with Crippen molar-refractivity contribution in [3.05, 3.63) is 0 Å². The SMILES string of the molecule is FS(F)(F)(F)(F)CC(Cl)CC1CCCCC1. The average molecular weight is 287 g/mol. The van der Waals surface area contributed by atoms with E-state index in [0.717, 1.165) is 32.1 Å². The number of halogens is 6. The standard InChI is InChI=1S/C9H16ClF5S/c10-9(7-16(11,12,13,14)15)6-8-4-2-1-3-5-8/h8-9H,1-7H2. The molecule has 0 bridgehead atoms. The first-order valence-corrected chi connectivity index (χ1v) is 7.88. The molecule has 0 aromatic heterocycles. The van der Waals surface area contributed by atoms with E-state index in [1.54, 1.807) is 0 Å². The fourth-order valence-corrected chi connectivity index (χ4v) is 3.98. The molecule has 1 aliphatic carbocycles. The van der Waals surface area contributed by atoms with Crippen molar-refractivity contribution in [2.24, 2.45) is 5.92 Å². The van der Waals surface area contributed by atoms with Crippen LogP contribution in [-0.2, 0) is 0 Å². The van der Waals surface area contributed by atoms with E-state index in [9.17, 15) is 19.4 Å². The van der Waals surface area contributed by atoms with Gasteiger partial charge in [-0.15, -0.1) is 11.6 Å². The first kappa shape index (κ1) is 14.4. The third-order valence-corrected chi connectivity index (χ3v) is 4.36. The van der Waals surface area contributed by atoms with E-state index < -0.39 is 21.4 Å². The fourth-order valence-electron chi connectivity index (χ4n) is 2.19. The molecule has 1 rings (SSSR count). The van der Waals surface area contributed by atoms with Crippen molar-refractivity contribution in [1.29, 1.82) is 0 Å². The minimum atomic E-state index is -9.33. The van der Waals surface area contributed by atoms with Gasteiger partial charge in [0.05, 0.1) is 5.38 Å². The first-order valence-electron chi connectivity index (χ1n) is 5.32. The number of rotatable bonds is 4. The smallest absolute Gasteiger partial charge is 0.122 e. The Kier molecular flexibility index (Phi) is 3.50. The number of hydrogen-bond acceptors (Lipinski definition) is 0. The lowest BCUT2D eigenvalue weighted by Crippen LogP contribution is -2.23. The van der Waals surface area contributed by atoms with E-state index in [4.69, 9.17) is 11.6 Å². The van der Waals surface area contributed by atoms with Crippen molar-refractivity contribution >= 4 is 21.8 Å². The normalized spacial score (nSPS) is 25.9. The first-order chi connectivity index (χ1) is 6.95. The summed E-state index contributed by atoms with van der Waals surface area (Å²) in [7, 11) is -9.33. The van der Waals surface area contributed by atoms with Gasteiger partial charge in [0, 0.05) is 0 Å². The van der Waals surface area contributed by atoms with Gasteiger partial charge in [0.25, 0.3) is 10.2 Å². The van der Waals surface area contributed by atoms with Gasteiger partial charge in [0.2, 0.25) is 0 Å². The van der Waals surface area contributed by atoms with Gasteiger partial charge in [0.1, 0.15) is 5.75 Å². The van der Waals surface area contributed by atoms with Crippen molar-refractivity contribution in [2.75, 3.05) is 5.75 Å². The summed E-state index contributed by atoms with van der Waals surface area (Å²) in [5.41, 5.74) is 0. The number of hydrogen-bond donors (Lipinski definition) is 0. The summed E-state index contributed by atoms with van der Waals surface area (Å²) in [6, 6.07) is 0. The lowest BCUT2D eigenvalue weighted by atomic mass is 9.86. The molecule has 1 aliphatic rings. The molecule has 0 amide bonds. The van der Waals surface area contributed by atoms with E-state index in [1.807, 2.05) is 0 Å². The van der Waals surface area contributed by atoms with Crippen molar-refractivity contribution in [1.82, 2.24) is 0 Å². The summed E-state index contributed by atoms with van der Waals surface area (Å²) >= 11 is 5.41. The molecule has 1 atom stereocenters. The zero-order chi connectivity index (χ0) is 12.5. The maximum atomic E-state index is 12.1. The lowest BCUT2D eigenvalue weighted by Gasteiger charge is -2.42. The third-order valence-electron chi connectivity index (χ3n) is 2.81. The maximum Gasteiger partial charge on any atom is 0.287 e. The predicted octanol–water partition coefficient (Wildman–Crippen LogP) is 5.86. The summed E-state index contributed by atoms with van der Waals surface area (Å²) in [5.74, 6) is -2.05. The Morgan fingerprint density at radius 2 is 1.50 bits per heavy atom. The molecular formula is C9H16ClF5S. The van der Waals surface area contributed by atoms with Crippen LogP contribution < -0.4 is 0 Å². The van der Waals surface area contributed by atoms with E-state index in [1.165, 1.54) is 0 Å². The zero-order valence-electron chi connectivity index (χ0n) is 8.78. The molecule has 100 valence electrons. The summed E-state index contributed by atoms with van der Waals surface area (Å²) in [6.07, 6.45) is 4.67. The molecule has 0 N–H and O–H groups in total. The molecule has 0 aromatic rings. The van der Waals surface area contributed by atoms with E-state index in [2.05, 4.69) is 0 Å². The van der Waals surface area contributed by atoms with Crippen LogP contribution >= 0.6 is 21.8 Å². The van der Waals surface area contributed by atoms with Crippen molar-refractivity contribution in [3.8, 4) is 0 Å². The van der Waals surface area contributed by atoms with E-state index >= 15 is 0 Å². The highest BCUT2D eigenvalue weighted by atomic mass is 35.5. The second-order valence-corrected chi connectivity index (χ2v) is 7.84. The van der Waals surface area contributed by atoms with Gasteiger partial charge in [-0.25, -0.2) is 0 Å². The highest BCUT2D eigenvalue weighted by Gasteiger charge is 2.64. The summed E-state index contributed by atoms with van der Waals surface area (Å²) < 4.78 is 60.7. The largest absolute Gasteiger partial charge is 0.287 e. The zero-order valence-corrected chi connectivity index (χ0v) is 10.4. The summed E-state index contributed by atoms with van der Waals surface area (Å²) in [5, 5.41) is -1.49. The molecular weight excluding hydrogens is 271 g/mol. The predicted molar refractivity (Wildman–Crippen MR) is 58.8 cm³/mol. The molecule has 0 radical (unpaired) electrons. The van der Waals surface area contributed by atoms with Crippen LogP contribution in [0, 0.1) is 5.92 Å². The van der Waals surface area contributed by atoms with Crippen molar-refractivity contribution in [2.45, 2.75) is 43.9 Å². The minimum absolute atomic E-state index is 0.0488. The van der Waals surface area contributed by atoms with Crippen LogP contribution in [0.3, 0.4) is 0 Å². The maximum absolute atomic E-state index is 12.1. The Morgan fingerprint density at radius 3 is 1.94 bits per heavy atom. The van der Waals surface area contributed by atoms with Crippen LogP contribution in [0.1, 0.15) is 38.5 Å². The third kappa shape index (κ3) is 6.78. The monoisotopic (exact) mass is 286 g/mol. The van der Waals surface area contributed by atoms with Crippen molar-refractivity contribution in [3.63, 3.8) is 0 Å². The van der Waals surface area contributed by atoms with Gasteiger partial charge in [-0.05, 0) is 12.3 Å². The van der Waals surface area contributed by atoms with Gasteiger partial charge in [-0.2, -0.15) is 0 Å². The van der Waals surface area contributed by atoms with Crippen molar-refractivity contribution < 1.29 is 19.4 Å². The Hall–Kier alpha value is 0.290. The second-order valence-electron chi connectivity index (χ2n) is 4.63. The fraction of sp³-hybridized carbons (Fsp3) is 1.00. The summed E-state index contributed by atoms with van der Waals surface area (Å²) in [6.45, 7) is 0. The Labute approximate surface area is 97.3 Å². The molecule has 0 aliphatic heterocycles. The highest BCUT2D eigenvalue weighted by Crippen LogP contribution is 2.98. The van der Waals surface area contributed by atoms with Crippen LogP contribution in [0.2, 0.25) is 0 Å². The minimum Gasteiger partial charge on any atom is -0.122 e. The average Bonchev–Trinajstić information content (AvgIpc) is 1.98. The molecule has 16 heavy (non-hydrogen) atoms. The molecule has 1 fully saturated rings. The topological polar surface area (TPSA) is 0 Å². The van der Waals surface area contributed by atoms with Crippen LogP contribution in [0.15, 0.2) is 0 Å². The second kappa shape index (κ2) is 3.90. The molecule has 1 unspecified atom stereocenters. The molecule has 0 spiro atoms. The number of alkyl halides is 1. The quantitative estimate of drug-likeness (QED) is 0.448. The molecule has 7 heteroatoms. The van der Waals surface area contributed by atoms with Gasteiger partial charge in [-0.1, -0.05) is 51.5 Å². The van der Waals surface area contributed by atoms with E-state index in [-0.39, 0.29) is 12.3 Å². The highest BCUT2D eigenvalue weighted by molar-refractivity contribution is 8.45. The Bertz CT molecular complexity index is 242. The molecule has 0 heterocycles. The van der Waals surface area contributed by atoms with Crippen LogP contribution in [0.5, 0.6) is 0 Å². The summed E-state index contributed by atoms with van der Waals surface area (Å²) in [4.78, 5) is 0. The lowest BCUT2D eigenvalue weighted by molar-refractivity contribution is 0.326. The van der Waals surface area contributed by atoms with Crippen LogP contribution in [-0.4, -0.2) is 11.1 Å². The van der Waals surface area contributed by atoms with Crippen LogP contribution in [0.4, 0.5) is 19.4 Å². The van der Waals surface area contributed by atoms with Gasteiger partial charge in [0.15, 0.2) is 0 Å². The van der Waals surface area contributed by atoms with E-state index in [0.29, 0.717) is 0 Å². The molecule has 1 saturated carbocycles. The van der Waals surface area contributed by atoms with Gasteiger partial charge < -0.3 is 0 Å². The van der Waals surface area contributed by atoms with Gasteiger partial charge >= 0.3 is 0 Å². The Morgan fingerprint density at radius 1 is 1.00 bits per heavy atom. The Balaban J connectivity index is 2.44. The van der Waals surface area contributed by atoms with Crippen LogP contribution in [0.25, 0.3) is 0 Å². The molecule has 0 nitrogen and oxygen atoms in total. The molecule has 0 aromatic carbocycles. The van der Waals surface area contributed by atoms with Gasteiger partial charge in [-0.3, -0.25) is 0 Å².